The largest absolute Gasteiger partial charge is 0.495 e. The Morgan fingerprint density at radius 3 is 2.32 bits per heavy atom. The van der Waals surface area contributed by atoms with E-state index in [1.165, 1.54) is 13.2 Å². The highest BCUT2D eigenvalue weighted by atomic mass is 19.4. The van der Waals surface area contributed by atoms with Crippen LogP contribution >= 0.6 is 0 Å². The lowest BCUT2D eigenvalue weighted by atomic mass is 9.93. The van der Waals surface area contributed by atoms with E-state index in [1.54, 1.807) is 42.5 Å². The van der Waals surface area contributed by atoms with E-state index in [4.69, 9.17) is 4.74 Å². The molecular weight excluding hydrogens is 325 g/mol. The number of ether oxygens (including phenoxy) is 1. The molecule has 1 nitrogen and oxygen atoms in total. The maximum Gasteiger partial charge on any atom is 0.416 e. The third-order valence-corrected chi connectivity index (χ3v) is 3.70. The van der Waals surface area contributed by atoms with Crippen molar-refractivity contribution in [1.82, 2.24) is 0 Å². The van der Waals surface area contributed by atoms with Crippen molar-refractivity contribution in [2.45, 2.75) is 13.1 Å². The fraction of sp³-hybridized carbons (Fsp3) is 0.143. The van der Waals surface area contributed by atoms with Gasteiger partial charge in [0.05, 0.1) is 12.7 Å². The lowest BCUT2D eigenvalue weighted by molar-refractivity contribution is -0.137. The predicted molar refractivity (Wildman–Crippen MR) is 96.4 cm³/mol. The summed E-state index contributed by atoms with van der Waals surface area (Å²) in [7, 11) is 1.45. The number of rotatable bonds is 5. The van der Waals surface area contributed by atoms with Crippen LogP contribution in [0.5, 0.6) is 5.75 Å². The zero-order chi connectivity index (χ0) is 18.4. The molecule has 4 heteroatoms. The van der Waals surface area contributed by atoms with Gasteiger partial charge in [-0.15, -0.1) is 0 Å². The first kappa shape index (κ1) is 18.6. The van der Waals surface area contributed by atoms with Gasteiger partial charge in [-0.2, -0.15) is 13.2 Å². The summed E-state index contributed by atoms with van der Waals surface area (Å²) in [6.07, 6.45) is 2.31. The lowest BCUT2D eigenvalue weighted by Crippen LogP contribution is -2.07. The van der Waals surface area contributed by atoms with Crippen molar-refractivity contribution in [2.24, 2.45) is 0 Å². The first-order valence-electron chi connectivity index (χ1n) is 7.72. The van der Waals surface area contributed by atoms with Crippen molar-refractivity contribution < 1.29 is 17.9 Å². The lowest BCUT2D eigenvalue weighted by Gasteiger charge is -2.18. The summed E-state index contributed by atoms with van der Waals surface area (Å²) < 4.78 is 45.7. The molecule has 0 bridgehead atoms. The van der Waals surface area contributed by atoms with Gasteiger partial charge >= 0.3 is 6.18 Å². The van der Waals surface area contributed by atoms with Crippen molar-refractivity contribution in [3.63, 3.8) is 0 Å². The Morgan fingerprint density at radius 2 is 1.80 bits per heavy atom. The van der Waals surface area contributed by atoms with E-state index in [2.05, 4.69) is 6.58 Å². The van der Waals surface area contributed by atoms with E-state index in [9.17, 15) is 13.2 Å². The monoisotopic (exact) mass is 344 g/mol. The Hall–Kier alpha value is -2.75. The number of alkyl halides is 3. The first-order valence-corrected chi connectivity index (χ1v) is 7.72. The Bertz CT molecular complexity index is 800. The number of hydrogen-bond donors (Lipinski definition) is 0. The summed E-state index contributed by atoms with van der Waals surface area (Å²) in [5.41, 5.74) is 1.22. The average molecular weight is 344 g/mol. The fourth-order valence-electron chi connectivity index (χ4n) is 2.53. The van der Waals surface area contributed by atoms with E-state index < -0.39 is 11.7 Å². The zero-order valence-electron chi connectivity index (χ0n) is 14.1. The summed E-state index contributed by atoms with van der Waals surface area (Å²) in [5.74, 6) is 0.384. The molecule has 0 aliphatic rings. The molecule has 0 unspecified atom stereocenters. The van der Waals surface area contributed by atoms with Gasteiger partial charge in [0, 0.05) is 11.1 Å². The standard InChI is InChI=1S/C21H19F3O/c1-4-6-10-15(5-2)18-13-17(21(22,23)24)14-19(20(18)25-3)16-11-8-7-9-12-16/h4-14H,2H2,1,3H3/b6-4-,15-10+. The predicted octanol–water partition coefficient (Wildman–Crippen LogP) is 6.53. The van der Waals surface area contributed by atoms with E-state index >= 15 is 0 Å². The summed E-state index contributed by atoms with van der Waals surface area (Å²) in [6.45, 7) is 5.55. The summed E-state index contributed by atoms with van der Waals surface area (Å²) in [5, 5.41) is 0. The molecule has 2 aromatic carbocycles. The van der Waals surface area contributed by atoms with E-state index in [0.29, 0.717) is 28.0 Å². The van der Waals surface area contributed by atoms with Crippen molar-refractivity contribution in [2.75, 3.05) is 7.11 Å². The molecule has 0 atom stereocenters. The second kappa shape index (κ2) is 7.88. The third-order valence-electron chi connectivity index (χ3n) is 3.70. The second-order valence-corrected chi connectivity index (χ2v) is 5.32. The Kier molecular flexibility index (Phi) is 5.86. The topological polar surface area (TPSA) is 9.23 Å². The van der Waals surface area contributed by atoms with Gasteiger partial charge in [-0.3, -0.25) is 0 Å². The molecule has 0 fully saturated rings. The van der Waals surface area contributed by atoms with Crippen LogP contribution in [0, 0.1) is 0 Å². The van der Waals surface area contributed by atoms with Crippen LogP contribution < -0.4 is 4.74 Å². The molecule has 0 spiro atoms. The van der Waals surface area contributed by atoms with Gasteiger partial charge in [0.2, 0.25) is 0 Å². The van der Waals surface area contributed by atoms with Crippen LogP contribution in [0.4, 0.5) is 13.2 Å². The van der Waals surface area contributed by atoms with Crippen molar-refractivity contribution in [1.29, 1.82) is 0 Å². The molecule has 25 heavy (non-hydrogen) atoms. The maximum absolute atomic E-state index is 13.4. The van der Waals surface area contributed by atoms with Crippen molar-refractivity contribution in [3.8, 4) is 16.9 Å². The maximum atomic E-state index is 13.4. The van der Waals surface area contributed by atoms with E-state index in [-0.39, 0.29) is 0 Å². The van der Waals surface area contributed by atoms with Crippen LogP contribution in [0.15, 0.2) is 73.3 Å². The van der Waals surface area contributed by atoms with Crippen LogP contribution in [0.1, 0.15) is 18.1 Å². The second-order valence-electron chi connectivity index (χ2n) is 5.32. The van der Waals surface area contributed by atoms with E-state index in [1.807, 2.05) is 13.0 Å². The number of halogens is 3. The molecule has 0 amide bonds. The smallest absolute Gasteiger partial charge is 0.416 e. The third kappa shape index (κ3) is 4.21. The molecule has 130 valence electrons. The van der Waals surface area contributed by atoms with Gasteiger partial charge in [-0.1, -0.05) is 61.2 Å². The van der Waals surface area contributed by atoms with Crippen LogP contribution in [0.25, 0.3) is 16.7 Å². The highest BCUT2D eigenvalue weighted by Gasteiger charge is 2.33. The van der Waals surface area contributed by atoms with E-state index in [0.717, 1.165) is 12.1 Å². The molecule has 0 saturated heterocycles. The molecule has 0 heterocycles. The van der Waals surface area contributed by atoms with Crippen LogP contribution in [0.2, 0.25) is 0 Å². The van der Waals surface area contributed by atoms with Crippen LogP contribution in [-0.2, 0) is 6.18 Å². The minimum Gasteiger partial charge on any atom is -0.495 e. The summed E-state index contributed by atoms with van der Waals surface area (Å²) in [6, 6.07) is 11.1. The normalized spacial score (nSPS) is 12.4. The highest BCUT2D eigenvalue weighted by Crippen LogP contribution is 2.42. The summed E-state index contributed by atoms with van der Waals surface area (Å²) >= 11 is 0. The molecule has 0 saturated carbocycles. The molecule has 0 N–H and O–H groups in total. The number of hydrogen-bond acceptors (Lipinski definition) is 1. The fourth-order valence-corrected chi connectivity index (χ4v) is 2.53. The quantitative estimate of drug-likeness (QED) is 0.561. The number of methoxy groups -OCH3 is 1. The minimum absolute atomic E-state index is 0.351. The molecule has 0 aliphatic heterocycles. The van der Waals surface area contributed by atoms with Crippen LogP contribution in [0.3, 0.4) is 0 Å². The van der Waals surface area contributed by atoms with Crippen molar-refractivity contribution >= 4 is 5.57 Å². The Morgan fingerprint density at radius 1 is 1.12 bits per heavy atom. The van der Waals surface area contributed by atoms with Crippen LogP contribution in [-0.4, -0.2) is 7.11 Å². The van der Waals surface area contributed by atoms with Crippen molar-refractivity contribution in [3.05, 3.63) is 84.5 Å². The minimum atomic E-state index is -4.46. The highest BCUT2D eigenvalue weighted by molar-refractivity contribution is 5.85. The zero-order valence-corrected chi connectivity index (χ0v) is 14.1. The molecular formula is C21H19F3O. The molecule has 0 aromatic heterocycles. The van der Waals surface area contributed by atoms with Gasteiger partial charge in [-0.25, -0.2) is 0 Å². The number of allylic oxidation sites excluding steroid dienone is 5. The van der Waals surface area contributed by atoms with Gasteiger partial charge in [0.1, 0.15) is 5.75 Å². The molecule has 2 aromatic rings. The van der Waals surface area contributed by atoms with Gasteiger partial charge < -0.3 is 4.74 Å². The molecule has 0 radical (unpaired) electrons. The Labute approximate surface area is 145 Å². The SMILES string of the molecule is C=C/C(=C\C=C/C)c1cc(C(F)(F)F)cc(-c2ccccc2)c1OC. The molecule has 0 aliphatic carbocycles. The average Bonchev–Trinajstić information content (AvgIpc) is 2.61. The summed E-state index contributed by atoms with van der Waals surface area (Å²) in [4.78, 5) is 0. The van der Waals surface area contributed by atoms with Gasteiger partial charge in [0.25, 0.3) is 0 Å². The Balaban J connectivity index is 2.84. The first-order chi connectivity index (χ1) is 11.9. The van der Waals surface area contributed by atoms with Gasteiger partial charge in [-0.05, 0) is 30.2 Å². The molecule has 2 rings (SSSR count). The van der Waals surface area contributed by atoms with Gasteiger partial charge in [0.15, 0.2) is 0 Å². The number of benzene rings is 2.